The fourth-order valence-corrected chi connectivity index (χ4v) is 5.08. The number of likely N-dealkylation sites (tertiary alicyclic amines) is 1. The number of amides is 2. The summed E-state index contributed by atoms with van der Waals surface area (Å²) in [7, 11) is 1.63. The van der Waals surface area contributed by atoms with Gasteiger partial charge in [0.2, 0.25) is 5.82 Å². The number of carbonyl (C=O) groups excluding carboxylic acids is 3. The number of nitrogens with one attached hydrogen (secondary N) is 1. The highest BCUT2D eigenvalue weighted by Crippen LogP contribution is 2.32. The molecule has 0 unspecified atom stereocenters. The number of imidazole rings is 1. The normalized spacial score (nSPS) is 14.1. The molecule has 1 aliphatic heterocycles. The average molecular weight is 520 g/mol. The Morgan fingerprint density at radius 3 is 2.69 bits per heavy atom. The van der Waals surface area contributed by atoms with Crippen LogP contribution in [0, 0.1) is 5.82 Å². The Balaban J connectivity index is 1.36. The van der Waals surface area contributed by atoms with Gasteiger partial charge in [0, 0.05) is 37.6 Å². The molecule has 0 aliphatic carbocycles. The summed E-state index contributed by atoms with van der Waals surface area (Å²) in [5.74, 6) is -1.71. The zero-order valence-electron chi connectivity index (χ0n) is 19.1. The number of thiazole rings is 1. The Morgan fingerprint density at radius 2 is 2.00 bits per heavy atom. The van der Waals surface area contributed by atoms with Crippen molar-refractivity contribution in [3.05, 3.63) is 62.7 Å². The van der Waals surface area contributed by atoms with E-state index in [1.807, 2.05) is 0 Å². The molecule has 0 saturated carbocycles. The maximum atomic E-state index is 14.1. The maximum Gasteiger partial charge on any atom is 0.374 e. The van der Waals surface area contributed by atoms with E-state index in [4.69, 9.17) is 16.3 Å². The van der Waals surface area contributed by atoms with Crippen molar-refractivity contribution >= 4 is 46.5 Å². The topological polar surface area (TPSA) is 106 Å². The third-order valence-corrected chi connectivity index (χ3v) is 6.96. The van der Waals surface area contributed by atoms with E-state index < -0.39 is 23.6 Å². The lowest BCUT2D eigenvalue weighted by molar-refractivity contribution is 0.0507. The van der Waals surface area contributed by atoms with Crippen molar-refractivity contribution in [2.75, 3.05) is 25.0 Å². The van der Waals surface area contributed by atoms with Gasteiger partial charge in [-0.15, -0.1) is 11.3 Å². The number of benzene rings is 1. The van der Waals surface area contributed by atoms with E-state index in [1.54, 1.807) is 24.3 Å². The molecule has 0 radical (unpaired) electrons. The molecule has 35 heavy (non-hydrogen) atoms. The summed E-state index contributed by atoms with van der Waals surface area (Å²) >= 11 is 7.41. The van der Waals surface area contributed by atoms with Crippen LogP contribution in [0.2, 0.25) is 5.02 Å². The third-order valence-electron chi connectivity index (χ3n) is 5.64. The molecule has 12 heteroatoms. The number of aryl methyl sites for hydroxylation is 1. The lowest BCUT2D eigenvalue weighted by Crippen LogP contribution is -2.38. The number of rotatable bonds is 6. The minimum Gasteiger partial charge on any atom is -0.460 e. The van der Waals surface area contributed by atoms with Gasteiger partial charge in [0.25, 0.3) is 11.8 Å². The van der Waals surface area contributed by atoms with E-state index in [2.05, 4.69) is 15.3 Å². The van der Waals surface area contributed by atoms with Crippen LogP contribution in [0.5, 0.6) is 0 Å². The van der Waals surface area contributed by atoms with E-state index in [0.717, 1.165) is 5.01 Å². The number of carbonyl (C=O) groups is 3. The number of aromatic nitrogens is 3. The molecule has 2 aromatic heterocycles. The number of esters is 1. The van der Waals surface area contributed by atoms with Gasteiger partial charge in [-0.25, -0.2) is 19.2 Å². The van der Waals surface area contributed by atoms with Crippen molar-refractivity contribution in [2.45, 2.75) is 25.7 Å². The fraction of sp³-hybridized carbons (Fsp3) is 0.348. The van der Waals surface area contributed by atoms with Gasteiger partial charge in [0.1, 0.15) is 11.5 Å². The van der Waals surface area contributed by atoms with E-state index in [0.29, 0.717) is 25.9 Å². The Morgan fingerprint density at radius 1 is 1.26 bits per heavy atom. The molecule has 1 aliphatic rings. The second-order valence-corrected chi connectivity index (χ2v) is 9.27. The third kappa shape index (κ3) is 5.35. The van der Waals surface area contributed by atoms with Crippen LogP contribution < -0.4 is 5.32 Å². The van der Waals surface area contributed by atoms with Crippen LogP contribution in [0.1, 0.15) is 62.2 Å². The summed E-state index contributed by atoms with van der Waals surface area (Å²) in [6.07, 6.45) is 2.79. The smallest absolute Gasteiger partial charge is 0.374 e. The van der Waals surface area contributed by atoms with E-state index in [9.17, 15) is 18.8 Å². The molecule has 1 fully saturated rings. The molecular weight excluding hydrogens is 497 g/mol. The first-order valence-electron chi connectivity index (χ1n) is 11.0. The van der Waals surface area contributed by atoms with Gasteiger partial charge in [-0.3, -0.25) is 9.59 Å². The number of halogens is 2. The van der Waals surface area contributed by atoms with Gasteiger partial charge in [-0.2, -0.15) is 0 Å². The standard InChI is InChI=1S/C23H23ClFN5O4S/c1-3-34-23(33)19-27-17(11-29(19)2)28-20(31)16-12-35-21(26-16)13-7-9-30(10-8-13)22(32)18-14(24)5-4-6-15(18)25/h4-6,11-13H,3,7-10H2,1-2H3,(H,28,31). The second kappa shape index (κ2) is 10.5. The highest BCUT2D eigenvalue weighted by molar-refractivity contribution is 7.10. The maximum absolute atomic E-state index is 14.1. The molecule has 3 aromatic rings. The first-order valence-corrected chi connectivity index (χ1v) is 12.2. The van der Waals surface area contributed by atoms with Crippen molar-refractivity contribution in [1.82, 2.24) is 19.4 Å². The number of ether oxygens (including phenoxy) is 1. The van der Waals surface area contributed by atoms with E-state index in [1.165, 1.54) is 40.3 Å². The Hall–Kier alpha value is -3.31. The molecule has 9 nitrogen and oxygen atoms in total. The Labute approximate surface area is 209 Å². The summed E-state index contributed by atoms with van der Waals surface area (Å²) in [4.78, 5) is 47.5. The lowest BCUT2D eigenvalue weighted by Gasteiger charge is -2.31. The molecule has 4 rings (SSSR count). The molecule has 3 heterocycles. The minimum absolute atomic E-state index is 0.0759. The molecular formula is C23H23ClFN5O4S. The number of anilines is 1. The summed E-state index contributed by atoms with van der Waals surface area (Å²) < 4.78 is 20.5. The summed E-state index contributed by atoms with van der Waals surface area (Å²) in [5.41, 5.74) is 0.131. The van der Waals surface area contributed by atoms with Crippen LogP contribution in [0.3, 0.4) is 0 Å². The quantitative estimate of drug-likeness (QED) is 0.491. The van der Waals surface area contributed by atoms with Gasteiger partial charge < -0.3 is 19.5 Å². The predicted molar refractivity (Wildman–Crippen MR) is 129 cm³/mol. The number of nitrogens with zero attached hydrogens (tertiary/aromatic N) is 4. The zero-order chi connectivity index (χ0) is 25.1. The van der Waals surface area contributed by atoms with E-state index in [-0.39, 0.29) is 40.4 Å². The lowest BCUT2D eigenvalue weighted by atomic mass is 9.97. The van der Waals surface area contributed by atoms with Crippen LogP contribution >= 0.6 is 22.9 Å². The molecule has 0 spiro atoms. The monoisotopic (exact) mass is 519 g/mol. The van der Waals surface area contributed by atoms with E-state index >= 15 is 0 Å². The average Bonchev–Trinajstić information content (AvgIpc) is 3.46. The molecule has 0 bridgehead atoms. The number of hydrogen-bond donors (Lipinski definition) is 1. The second-order valence-electron chi connectivity index (χ2n) is 7.97. The highest BCUT2D eigenvalue weighted by atomic mass is 35.5. The van der Waals surface area contributed by atoms with Crippen molar-refractivity contribution in [3.8, 4) is 0 Å². The van der Waals surface area contributed by atoms with Crippen molar-refractivity contribution in [3.63, 3.8) is 0 Å². The molecule has 2 amide bonds. The van der Waals surface area contributed by atoms with Gasteiger partial charge in [0.05, 0.1) is 22.2 Å². The van der Waals surface area contributed by atoms with Gasteiger partial charge >= 0.3 is 5.97 Å². The van der Waals surface area contributed by atoms with Crippen LogP contribution in [-0.2, 0) is 11.8 Å². The molecule has 1 saturated heterocycles. The molecule has 1 N–H and O–H groups in total. The highest BCUT2D eigenvalue weighted by Gasteiger charge is 2.29. The van der Waals surface area contributed by atoms with Crippen molar-refractivity contribution in [2.24, 2.45) is 7.05 Å². The SMILES string of the molecule is CCOC(=O)c1nc(NC(=O)c2csc(C3CCN(C(=O)c4c(F)cccc4Cl)CC3)n2)cn1C. The Kier molecular flexibility index (Phi) is 7.46. The van der Waals surface area contributed by atoms with Crippen molar-refractivity contribution in [1.29, 1.82) is 0 Å². The molecule has 0 atom stereocenters. The number of piperidine rings is 1. The van der Waals surface area contributed by atoms with Crippen LogP contribution in [-0.4, -0.2) is 56.9 Å². The minimum atomic E-state index is -0.637. The molecule has 1 aromatic carbocycles. The van der Waals surface area contributed by atoms with Gasteiger partial charge in [-0.05, 0) is 31.9 Å². The van der Waals surface area contributed by atoms with Gasteiger partial charge in [0.15, 0.2) is 5.82 Å². The van der Waals surface area contributed by atoms with Gasteiger partial charge in [-0.1, -0.05) is 17.7 Å². The van der Waals surface area contributed by atoms with Crippen LogP contribution in [0.15, 0.2) is 29.8 Å². The summed E-state index contributed by atoms with van der Waals surface area (Å²) in [6.45, 7) is 2.78. The zero-order valence-corrected chi connectivity index (χ0v) is 20.7. The fourth-order valence-electron chi connectivity index (χ4n) is 3.86. The predicted octanol–water partition coefficient (Wildman–Crippen LogP) is 4.12. The number of hydrogen-bond acceptors (Lipinski definition) is 7. The first-order chi connectivity index (χ1) is 16.8. The molecule has 184 valence electrons. The Bertz CT molecular complexity index is 1250. The summed E-state index contributed by atoms with van der Waals surface area (Å²) in [6, 6.07) is 4.18. The van der Waals surface area contributed by atoms with Crippen LogP contribution in [0.25, 0.3) is 0 Å². The first kappa shape index (κ1) is 24.8. The van der Waals surface area contributed by atoms with Crippen LogP contribution in [0.4, 0.5) is 10.2 Å². The van der Waals surface area contributed by atoms with Crippen molar-refractivity contribution < 1.29 is 23.5 Å². The summed E-state index contributed by atoms with van der Waals surface area (Å²) in [5, 5.41) is 5.19. The largest absolute Gasteiger partial charge is 0.460 e.